The lowest BCUT2D eigenvalue weighted by atomic mass is 10.2. The van der Waals surface area contributed by atoms with Crippen molar-refractivity contribution in [2.75, 3.05) is 25.0 Å². The number of nitrogens with zero attached hydrogens (tertiary/aromatic N) is 2. The van der Waals surface area contributed by atoms with Gasteiger partial charge in [0.25, 0.3) is 5.56 Å². The highest BCUT2D eigenvalue weighted by molar-refractivity contribution is 7.99. The number of carbonyl (C=O) groups is 1. The second kappa shape index (κ2) is 8.97. The van der Waals surface area contributed by atoms with Crippen LogP contribution in [0.1, 0.15) is 0 Å². The highest BCUT2D eigenvalue weighted by atomic mass is 32.2. The number of methoxy groups -OCH3 is 1. The number of aromatic nitrogens is 3. The van der Waals surface area contributed by atoms with Crippen molar-refractivity contribution in [2.45, 2.75) is 5.16 Å². The summed E-state index contributed by atoms with van der Waals surface area (Å²) in [4.78, 5) is 34.6. The van der Waals surface area contributed by atoms with E-state index in [-0.39, 0.29) is 24.0 Å². The van der Waals surface area contributed by atoms with Crippen molar-refractivity contribution in [3.63, 3.8) is 0 Å². The monoisotopic (exact) mass is 500 g/mol. The van der Waals surface area contributed by atoms with Crippen molar-refractivity contribution in [3.8, 4) is 22.9 Å². The van der Waals surface area contributed by atoms with Gasteiger partial charge in [-0.15, -0.1) is 0 Å². The molecule has 0 bridgehead atoms. The molecule has 36 heavy (non-hydrogen) atoms. The molecule has 1 amide bonds. The fraction of sp³-hybridized carbons (Fsp3) is 0.115. The summed E-state index contributed by atoms with van der Waals surface area (Å²) in [7, 11) is 1.55. The maximum Gasteiger partial charge on any atom is 0.283 e. The minimum absolute atomic E-state index is 0.0316. The number of hydrogen-bond donors (Lipinski definition) is 2. The first-order valence-electron chi connectivity index (χ1n) is 11.1. The second-order valence-corrected chi connectivity index (χ2v) is 8.95. The lowest BCUT2D eigenvalue weighted by Crippen LogP contribution is -2.23. The van der Waals surface area contributed by atoms with Crippen molar-refractivity contribution < 1.29 is 19.0 Å². The summed E-state index contributed by atoms with van der Waals surface area (Å²) in [5, 5.41) is 4.07. The average Bonchev–Trinajstić information content (AvgIpc) is 3.52. The maximum atomic E-state index is 13.7. The fourth-order valence-electron chi connectivity index (χ4n) is 4.17. The Balaban J connectivity index is 1.38. The van der Waals surface area contributed by atoms with Crippen molar-refractivity contribution in [1.82, 2.24) is 14.5 Å². The number of rotatable bonds is 6. The van der Waals surface area contributed by atoms with E-state index in [0.717, 1.165) is 10.9 Å². The van der Waals surface area contributed by atoms with Gasteiger partial charge in [0, 0.05) is 22.7 Å². The first-order valence-corrected chi connectivity index (χ1v) is 12.1. The fourth-order valence-corrected chi connectivity index (χ4v) is 4.97. The lowest BCUT2D eigenvalue weighted by Gasteiger charge is -2.15. The van der Waals surface area contributed by atoms with Gasteiger partial charge in [0.2, 0.25) is 12.7 Å². The van der Waals surface area contributed by atoms with Gasteiger partial charge < -0.3 is 24.5 Å². The Morgan fingerprint density at radius 1 is 1.11 bits per heavy atom. The Hall–Kier alpha value is -4.44. The first kappa shape index (κ1) is 22.1. The van der Waals surface area contributed by atoms with Crippen LogP contribution >= 0.6 is 11.8 Å². The minimum Gasteiger partial charge on any atom is -0.495 e. The highest BCUT2D eigenvalue weighted by Gasteiger charge is 2.20. The summed E-state index contributed by atoms with van der Waals surface area (Å²) in [5.41, 5.74) is 2.60. The molecular formula is C26H20N4O5S. The average molecular weight is 501 g/mol. The molecule has 0 aliphatic carbocycles. The molecule has 3 aromatic carbocycles. The van der Waals surface area contributed by atoms with Crippen LogP contribution < -0.4 is 25.1 Å². The normalized spacial score (nSPS) is 12.2. The number of aromatic amines is 1. The van der Waals surface area contributed by atoms with Gasteiger partial charge in [0.15, 0.2) is 16.7 Å². The van der Waals surface area contributed by atoms with Gasteiger partial charge in [-0.25, -0.2) is 9.55 Å². The van der Waals surface area contributed by atoms with Crippen molar-refractivity contribution in [1.29, 1.82) is 0 Å². The molecule has 0 spiro atoms. The highest BCUT2D eigenvalue weighted by Crippen LogP contribution is 2.34. The van der Waals surface area contributed by atoms with Gasteiger partial charge >= 0.3 is 0 Å². The maximum absolute atomic E-state index is 13.7. The number of benzene rings is 3. The molecule has 180 valence electrons. The van der Waals surface area contributed by atoms with Crippen LogP contribution in [0.4, 0.5) is 5.69 Å². The molecular weight excluding hydrogens is 480 g/mol. The molecule has 2 N–H and O–H groups in total. The number of fused-ring (bicyclic) bond motifs is 4. The standard InChI is InChI=1S/C26H20N4O5S/c1-33-19-9-5-4-8-18(19)30-25(32)24-23(16-6-2-3-7-17(16)28-24)29-26(30)36-13-22(31)27-15-10-11-20-21(12-15)35-14-34-20/h2-12,28H,13-14H2,1H3,(H,27,31). The molecule has 1 aliphatic heterocycles. The molecule has 0 unspecified atom stereocenters. The molecule has 2 aromatic heterocycles. The Morgan fingerprint density at radius 3 is 2.81 bits per heavy atom. The summed E-state index contributed by atoms with van der Waals surface area (Å²) in [5.74, 6) is 1.52. The third-order valence-electron chi connectivity index (χ3n) is 5.81. The van der Waals surface area contributed by atoms with Gasteiger partial charge in [-0.1, -0.05) is 42.1 Å². The molecule has 1 aliphatic rings. The van der Waals surface area contributed by atoms with E-state index in [1.54, 1.807) is 37.4 Å². The third kappa shape index (κ3) is 3.81. The smallest absolute Gasteiger partial charge is 0.283 e. The zero-order chi connectivity index (χ0) is 24.6. The Labute approximate surface area is 209 Å². The molecule has 0 radical (unpaired) electrons. The lowest BCUT2D eigenvalue weighted by molar-refractivity contribution is -0.113. The van der Waals surface area contributed by atoms with E-state index in [1.807, 2.05) is 36.4 Å². The number of anilines is 1. The van der Waals surface area contributed by atoms with Crippen molar-refractivity contribution in [2.24, 2.45) is 0 Å². The summed E-state index contributed by atoms with van der Waals surface area (Å²) in [6, 6.07) is 20.0. The van der Waals surface area contributed by atoms with Crippen LogP contribution in [-0.2, 0) is 4.79 Å². The van der Waals surface area contributed by atoms with Crippen LogP contribution in [-0.4, -0.2) is 40.1 Å². The first-order chi connectivity index (χ1) is 17.6. The molecule has 5 aromatic rings. The van der Waals surface area contributed by atoms with E-state index in [9.17, 15) is 9.59 Å². The second-order valence-electron chi connectivity index (χ2n) is 8.01. The molecule has 0 saturated carbocycles. The number of hydrogen-bond acceptors (Lipinski definition) is 7. The van der Waals surface area contributed by atoms with E-state index in [2.05, 4.69) is 10.3 Å². The van der Waals surface area contributed by atoms with Crippen molar-refractivity contribution >= 4 is 45.3 Å². The van der Waals surface area contributed by atoms with Crippen LogP contribution in [0.2, 0.25) is 0 Å². The van der Waals surface area contributed by atoms with Crippen LogP contribution in [0.5, 0.6) is 17.2 Å². The summed E-state index contributed by atoms with van der Waals surface area (Å²) >= 11 is 1.17. The van der Waals surface area contributed by atoms with Crippen LogP contribution in [0.3, 0.4) is 0 Å². The Morgan fingerprint density at radius 2 is 1.92 bits per heavy atom. The van der Waals surface area contributed by atoms with E-state index >= 15 is 0 Å². The molecule has 0 atom stereocenters. The molecule has 0 fully saturated rings. The van der Waals surface area contributed by atoms with E-state index in [0.29, 0.717) is 44.8 Å². The SMILES string of the molecule is COc1ccccc1-n1c(SCC(=O)Nc2ccc3c(c2)OCO3)nc2c([nH]c3ccccc32)c1=O. The minimum atomic E-state index is -0.278. The number of H-pyrrole nitrogens is 1. The van der Waals surface area contributed by atoms with Gasteiger partial charge in [0.1, 0.15) is 16.8 Å². The number of thioether (sulfide) groups is 1. The van der Waals surface area contributed by atoms with E-state index in [4.69, 9.17) is 19.2 Å². The van der Waals surface area contributed by atoms with E-state index < -0.39 is 0 Å². The van der Waals surface area contributed by atoms with Crippen LogP contribution in [0.15, 0.2) is 76.7 Å². The van der Waals surface area contributed by atoms with E-state index in [1.165, 1.54) is 16.3 Å². The topological polar surface area (TPSA) is 107 Å². The predicted molar refractivity (Wildman–Crippen MR) is 138 cm³/mol. The molecule has 3 heterocycles. The summed E-state index contributed by atoms with van der Waals surface area (Å²) < 4.78 is 17.7. The number of amides is 1. The van der Waals surface area contributed by atoms with Gasteiger partial charge in [-0.05, 0) is 30.3 Å². The Kier molecular flexibility index (Phi) is 5.49. The number of nitrogens with one attached hydrogen (secondary N) is 2. The van der Waals surface area contributed by atoms with Gasteiger partial charge in [0.05, 0.1) is 18.6 Å². The molecule has 9 nitrogen and oxygen atoms in total. The predicted octanol–water partition coefficient (Wildman–Crippen LogP) is 4.34. The molecule has 0 saturated heterocycles. The van der Waals surface area contributed by atoms with Crippen molar-refractivity contribution in [3.05, 3.63) is 77.1 Å². The summed E-state index contributed by atoms with van der Waals surface area (Å²) in [6.45, 7) is 0.158. The van der Waals surface area contributed by atoms with Gasteiger partial charge in [-0.2, -0.15) is 0 Å². The Bertz CT molecular complexity index is 1690. The van der Waals surface area contributed by atoms with Crippen LogP contribution in [0.25, 0.3) is 27.6 Å². The van der Waals surface area contributed by atoms with Gasteiger partial charge in [-0.3, -0.25) is 9.59 Å². The number of carbonyl (C=O) groups excluding carboxylic acids is 1. The quantitative estimate of drug-likeness (QED) is 0.264. The zero-order valence-electron chi connectivity index (χ0n) is 19.1. The largest absolute Gasteiger partial charge is 0.495 e. The molecule has 6 rings (SSSR count). The van der Waals surface area contributed by atoms with Crippen LogP contribution in [0, 0.1) is 0 Å². The zero-order valence-corrected chi connectivity index (χ0v) is 19.9. The number of ether oxygens (including phenoxy) is 3. The molecule has 10 heteroatoms. The number of para-hydroxylation sites is 3. The third-order valence-corrected chi connectivity index (χ3v) is 6.75. The summed E-state index contributed by atoms with van der Waals surface area (Å²) in [6.07, 6.45) is 0.